The maximum atomic E-state index is 5.09. The monoisotopic (exact) mass is 202 g/mol. The van der Waals surface area contributed by atoms with E-state index in [1.54, 1.807) is 23.5 Å². The molecule has 0 aliphatic carbocycles. The minimum Gasteiger partial charge on any atom is -0.262 e. The van der Waals surface area contributed by atoms with Crippen molar-refractivity contribution in [2.75, 3.05) is 11.5 Å². The van der Waals surface area contributed by atoms with Gasteiger partial charge in [0.2, 0.25) is 0 Å². The van der Waals surface area contributed by atoms with E-state index >= 15 is 0 Å². The molecule has 0 atom stereocenters. The van der Waals surface area contributed by atoms with Gasteiger partial charge < -0.3 is 0 Å². The van der Waals surface area contributed by atoms with Crippen molar-refractivity contribution in [3.05, 3.63) is 0 Å². The van der Waals surface area contributed by atoms with Gasteiger partial charge in [0.25, 0.3) is 0 Å². The van der Waals surface area contributed by atoms with E-state index in [4.69, 9.17) is 18.6 Å². The van der Waals surface area contributed by atoms with Gasteiger partial charge >= 0.3 is 0 Å². The maximum Gasteiger partial charge on any atom is 0.154 e. The molecule has 0 aromatic carbocycles. The summed E-state index contributed by atoms with van der Waals surface area (Å²) in [6, 6.07) is 0. The molecule has 11 heavy (non-hydrogen) atoms. The van der Waals surface area contributed by atoms with Gasteiger partial charge in [0.1, 0.15) is 5.04 Å². The van der Waals surface area contributed by atoms with Gasteiger partial charge in [-0.15, -0.1) is 6.42 Å². The predicted molar refractivity (Wildman–Crippen MR) is 56.9 cm³/mol. The lowest BCUT2D eigenvalue weighted by Crippen LogP contribution is -2.21. The molecule has 0 spiro atoms. The molecule has 1 aliphatic rings. The first kappa shape index (κ1) is 8.91. The standard InChI is InChI=1S/C6H6N2S3/c1-2-3-10-5-4-11-6(9)8-7-5/h1H,3-4H2,(H,8,9). The molecule has 0 aromatic rings. The van der Waals surface area contributed by atoms with Crippen LogP contribution in [0.5, 0.6) is 0 Å². The molecular formula is C6H6N2S3. The summed E-state index contributed by atoms with van der Waals surface area (Å²) >= 11 is 8.01. The van der Waals surface area contributed by atoms with Crippen molar-refractivity contribution in [2.24, 2.45) is 5.10 Å². The first-order valence-electron chi connectivity index (χ1n) is 2.88. The molecule has 0 unspecified atom stereocenters. The molecule has 1 rings (SSSR count). The molecule has 0 amide bonds. The highest BCUT2D eigenvalue weighted by molar-refractivity contribution is 8.25. The number of hydrogen-bond donors (Lipinski definition) is 1. The highest BCUT2D eigenvalue weighted by Gasteiger charge is 2.08. The summed E-state index contributed by atoms with van der Waals surface area (Å²) in [6.07, 6.45) is 5.09. The Kier molecular flexibility index (Phi) is 3.77. The minimum atomic E-state index is 0.674. The summed E-state index contributed by atoms with van der Waals surface area (Å²) in [6.45, 7) is 0. The van der Waals surface area contributed by atoms with Crippen LogP contribution in [0.1, 0.15) is 0 Å². The third kappa shape index (κ3) is 3.14. The maximum absolute atomic E-state index is 5.09. The van der Waals surface area contributed by atoms with Crippen LogP contribution in [0.2, 0.25) is 0 Å². The molecule has 2 nitrogen and oxygen atoms in total. The third-order valence-corrected chi connectivity index (χ3v) is 3.20. The summed E-state index contributed by atoms with van der Waals surface area (Å²) in [5.41, 5.74) is 2.73. The van der Waals surface area contributed by atoms with E-state index in [9.17, 15) is 0 Å². The van der Waals surface area contributed by atoms with E-state index in [0.717, 1.165) is 15.1 Å². The van der Waals surface area contributed by atoms with Crippen LogP contribution in [0.25, 0.3) is 0 Å². The quantitative estimate of drug-likeness (QED) is 0.511. The van der Waals surface area contributed by atoms with Gasteiger partial charge in [0, 0.05) is 0 Å². The fourth-order valence-electron chi connectivity index (χ4n) is 0.499. The number of nitrogens with zero attached hydrogens (tertiary/aromatic N) is 1. The summed E-state index contributed by atoms with van der Waals surface area (Å²) in [4.78, 5) is 0. The molecule has 0 bridgehead atoms. The van der Waals surface area contributed by atoms with Gasteiger partial charge in [-0.1, -0.05) is 41.7 Å². The van der Waals surface area contributed by atoms with Crippen molar-refractivity contribution >= 4 is 45.1 Å². The fourth-order valence-corrected chi connectivity index (χ4v) is 2.02. The van der Waals surface area contributed by atoms with Crippen LogP contribution in [0.3, 0.4) is 0 Å². The van der Waals surface area contributed by atoms with Gasteiger partial charge in [-0.2, -0.15) is 5.10 Å². The second-order valence-corrected chi connectivity index (χ2v) is 4.39. The van der Waals surface area contributed by atoms with Crippen LogP contribution in [-0.4, -0.2) is 20.9 Å². The summed E-state index contributed by atoms with van der Waals surface area (Å²) in [5.74, 6) is 4.06. The van der Waals surface area contributed by atoms with E-state index in [2.05, 4.69) is 16.4 Å². The van der Waals surface area contributed by atoms with E-state index in [-0.39, 0.29) is 0 Å². The Bertz CT molecular complexity index is 228. The largest absolute Gasteiger partial charge is 0.262 e. The molecule has 1 N–H and O–H groups in total. The number of hydrazone groups is 1. The van der Waals surface area contributed by atoms with E-state index in [1.165, 1.54) is 0 Å². The molecule has 0 saturated heterocycles. The van der Waals surface area contributed by atoms with E-state index in [1.807, 2.05) is 0 Å². The molecule has 0 aromatic heterocycles. The first-order valence-corrected chi connectivity index (χ1v) is 5.26. The van der Waals surface area contributed by atoms with Gasteiger partial charge in [-0.25, -0.2) is 0 Å². The summed E-state index contributed by atoms with van der Waals surface area (Å²) in [5, 5.41) is 5.04. The van der Waals surface area contributed by atoms with Crippen LogP contribution in [0.15, 0.2) is 5.10 Å². The lowest BCUT2D eigenvalue weighted by atomic mass is 10.8. The number of thioether (sulfide) groups is 2. The second-order valence-electron chi connectivity index (χ2n) is 1.69. The number of rotatable bonds is 1. The van der Waals surface area contributed by atoms with Crippen LogP contribution >= 0.6 is 35.7 Å². The van der Waals surface area contributed by atoms with Gasteiger partial charge in [-0.3, -0.25) is 5.43 Å². The second kappa shape index (κ2) is 4.65. The normalized spacial score (nSPS) is 16.6. The summed E-state index contributed by atoms with van der Waals surface area (Å²) in [7, 11) is 0. The first-order chi connectivity index (χ1) is 5.33. The van der Waals surface area contributed by atoms with Crippen LogP contribution in [-0.2, 0) is 0 Å². The Morgan fingerprint density at radius 2 is 2.73 bits per heavy atom. The Hall–Kier alpha value is -0.180. The smallest absolute Gasteiger partial charge is 0.154 e. The average Bonchev–Trinajstić information content (AvgIpc) is 2.04. The number of nitrogens with one attached hydrogen (secondary N) is 1. The highest BCUT2D eigenvalue weighted by Crippen LogP contribution is 2.14. The number of hydrogen-bond acceptors (Lipinski definition) is 4. The zero-order chi connectivity index (χ0) is 8.10. The molecule has 5 heteroatoms. The van der Waals surface area contributed by atoms with Crippen molar-refractivity contribution < 1.29 is 0 Å². The number of terminal acetylenes is 1. The Labute approximate surface area is 79.6 Å². The van der Waals surface area contributed by atoms with Gasteiger partial charge in [0.15, 0.2) is 4.32 Å². The van der Waals surface area contributed by atoms with Crippen molar-refractivity contribution in [1.82, 2.24) is 5.43 Å². The highest BCUT2D eigenvalue weighted by atomic mass is 32.2. The minimum absolute atomic E-state index is 0.674. The van der Waals surface area contributed by atoms with Crippen molar-refractivity contribution in [3.63, 3.8) is 0 Å². The van der Waals surface area contributed by atoms with Crippen LogP contribution in [0.4, 0.5) is 0 Å². The Morgan fingerprint density at radius 3 is 3.27 bits per heavy atom. The fraction of sp³-hybridized carbons (Fsp3) is 0.333. The van der Waals surface area contributed by atoms with Crippen molar-refractivity contribution in [3.8, 4) is 12.3 Å². The molecule has 0 fully saturated rings. The van der Waals surface area contributed by atoms with Gasteiger partial charge in [0.05, 0.1) is 11.5 Å². The molecule has 1 aliphatic heterocycles. The van der Waals surface area contributed by atoms with E-state index < -0.39 is 0 Å². The zero-order valence-electron chi connectivity index (χ0n) is 5.66. The topological polar surface area (TPSA) is 24.4 Å². The van der Waals surface area contributed by atoms with Crippen LogP contribution < -0.4 is 5.43 Å². The van der Waals surface area contributed by atoms with Gasteiger partial charge in [-0.05, 0) is 0 Å². The SMILES string of the molecule is C#CCSC1=NNC(=S)SC1. The van der Waals surface area contributed by atoms with Crippen LogP contribution in [0, 0.1) is 12.3 Å². The number of thiocarbonyl (C=S) groups is 1. The molecule has 0 saturated carbocycles. The van der Waals surface area contributed by atoms with E-state index in [0.29, 0.717) is 5.75 Å². The summed E-state index contributed by atoms with van der Waals surface area (Å²) < 4.78 is 0.732. The third-order valence-electron chi connectivity index (χ3n) is 0.921. The predicted octanol–water partition coefficient (Wildman–Crippen LogP) is 1.29. The molecule has 1 heterocycles. The average molecular weight is 202 g/mol. The van der Waals surface area contributed by atoms with Crippen molar-refractivity contribution in [2.45, 2.75) is 0 Å². The lowest BCUT2D eigenvalue weighted by Gasteiger charge is -2.10. The Morgan fingerprint density at radius 1 is 1.91 bits per heavy atom. The Balaban J connectivity index is 2.36. The molecular weight excluding hydrogens is 196 g/mol. The molecule has 58 valence electrons. The lowest BCUT2D eigenvalue weighted by molar-refractivity contribution is 1.06. The van der Waals surface area contributed by atoms with Crippen molar-refractivity contribution in [1.29, 1.82) is 0 Å². The molecule has 0 radical (unpaired) electrons. The zero-order valence-corrected chi connectivity index (χ0v) is 8.11.